The van der Waals surface area contributed by atoms with Crippen molar-refractivity contribution in [2.75, 3.05) is 7.11 Å². The average Bonchev–Trinajstić information content (AvgIpc) is 2.54. The molecule has 2 aromatic rings. The molecule has 0 aliphatic heterocycles. The van der Waals surface area contributed by atoms with Gasteiger partial charge >= 0.3 is 16.1 Å². The Labute approximate surface area is 160 Å². The third-order valence-electron chi connectivity index (χ3n) is 3.46. The minimum atomic E-state index is -4.08. The Bertz CT molecular complexity index is 979. The number of ether oxygens (including phenoxy) is 1. The summed E-state index contributed by atoms with van der Waals surface area (Å²) in [7, 11) is -2.71. The molecule has 0 atom stereocenters. The molecule has 0 aromatic heterocycles. The fourth-order valence-corrected chi connectivity index (χ4v) is 4.14. The molecular weight excluding hydrogens is 424 g/mol. The van der Waals surface area contributed by atoms with Gasteiger partial charge in [-0.05, 0) is 65.2 Å². The molecule has 0 amide bonds. The average molecular weight is 441 g/mol. The summed E-state index contributed by atoms with van der Waals surface area (Å²) in [5.74, 6) is -0.962. The Morgan fingerprint density at radius 1 is 1.19 bits per heavy atom. The van der Waals surface area contributed by atoms with Gasteiger partial charge in [-0.15, -0.1) is 0 Å². The molecule has 0 aliphatic carbocycles. The highest BCUT2D eigenvalue weighted by atomic mass is 79.9. The zero-order chi connectivity index (χ0) is 19.5. The first-order valence-corrected chi connectivity index (χ1v) is 9.64. The van der Waals surface area contributed by atoms with Crippen LogP contribution in [0.4, 0.5) is 0 Å². The second kappa shape index (κ2) is 7.92. The van der Waals surface area contributed by atoms with Gasteiger partial charge in [0.05, 0.1) is 11.6 Å². The van der Waals surface area contributed by atoms with Crippen LogP contribution in [0.15, 0.2) is 45.8 Å². The summed E-state index contributed by atoms with van der Waals surface area (Å²) in [4.78, 5) is 10.7. The van der Waals surface area contributed by atoms with E-state index in [9.17, 15) is 13.2 Å². The lowest BCUT2D eigenvalue weighted by Crippen LogP contribution is -2.12. The van der Waals surface area contributed by atoms with Crippen molar-refractivity contribution >= 4 is 38.1 Å². The van der Waals surface area contributed by atoms with Crippen LogP contribution in [0.1, 0.15) is 16.7 Å². The van der Waals surface area contributed by atoms with Gasteiger partial charge in [0.2, 0.25) is 0 Å². The van der Waals surface area contributed by atoms with Crippen LogP contribution in [0.25, 0.3) is 6.08 Å². The third-order valence-corrected chi connectivity index (χ3v) is 5.43. The van der Waals surface area contributed by atoms with Gasteiger partial charge in [-0.2, -0.15) is 8.42 Å². The molecule has 0 aliphatic rings. The Hall–Kier alpha value is -2.32. The van der Waals surface area contributed by atoms with Gasteiger partial charge in [-0.3, -0.25) is 0 Å². The fraction of sp³-hybridized carbons (Fsp3) is 0.167. The number of carboxylic acid groups (broad SMARTS) is 1. The Kier molecular flexibility index (Phi) is 6.09. The highest BCUT2D eigenvalue weighted by Crippen LogP contribution is 2.39. The molecule has 1 N–H and O–H groups in total. The van der Waals surface area contributed by atoms with Crippen LogP contribution in [0, 0.1) is 13.8 Å². The van der Waals surface area contributed by atoms with E-state index in [1.54, 1.807) is 19.1 Å². The first-order chi connectivity index (χ1) is 12.1. The number of methoxy groups -OCH3 is 1. The van der Waals surface area contributed by atoms with Crippen LogP contribution in [0.2, 0.25) is 0 Å². The van der Waals surface area contributed by atoms with Crippen LogP contribution in [0.3, 0.4) is 0 Å². The Balaban J connectivity index is 2.46. The second-order valence-electron chi connectivity index (χ2n) is 5.51. The minimum absolute atomic E-state index is 0.0139. The van der Waals surface area contributed by atoms with Gasteiger partial charge in [-0.1, -0.05) is 17.7 Å². The molecule has 6 nitrogen and oxygen atoms in total. The third kappa shape index (κ3) is 4.64. The molecule has 0 fully saturated rings. The summed E-state index contributed by atoms with van der Waals surface area (Å²) in [6.07, 6.45) is 2.33. The van der Waals surface area contributed by atoms with Gasteiger partial charge < -0.3 is 14.0 Å². The molecule has 8 heteroatoms. The molecule has 0 spiro atoms. The van der Waals surface area contributed by atoms with Crippen LogP contribution in [-0.4, -0.2) is 26.6 Å². The molecule has 0 saturated heterocycles. The van der Waals surface area contributed by atoms with Crippen molar-refractivity contribution < 1.29 is 27.2 Å². The lowest BCUT2D eigenvalue weighted by Gasteiger charge is -2.14. The Morgan fingerprint density at radius 3 is 2.46 bits per heavy atom. The van der Waals surface area contributed by atoms with E-state index in [4.69, 9.17) is 14.0 Å². The van der Waals surface area contributed by atoms with Crippen molar-refractivity contribution in [2.45, 2.75) is 18.7 Å². The summed E-state index contributed by atoms with van der Waals surface area (Å²) in [6.45, 7) is 3.56. The number of hydrogen-bond acceptors (Lipinski definition) is 5. The first kappa shape index (κ1) is 20.0. The van der Waals surface area contributed by atoms with Crippen molar-refractivity contribution in [1.29, 1.82) is 0 Å². The number of halogens is 1. The predicted molar refractivity (Wildman–Crippen MR) is 101 cm³/mol. The van der Waals surface area contributed by atoms with Gasteiger partial charge in [-0.25, -0.2) is 4.79 Å². The van der Waals surface area contributed by atoms with Gasteiger partial charge in [0.25, 0.3) is 0 Å². The van der Waals surface area contributed by atoms with Crippen molar-refractivity contribution in [3.63, 3.8) is 0 Å². The highest BCUT2D eigenvalue weighted by molar-refractivity contribution is 9.10. The maximum Gasteiger partial charge on any atom is 0.339 e. The van der Waals surface area contributed by atoms with E-state index in [1.807, 2.05) is 6.92 Å². The maximum absolute atomic E-state index is 12.7. The number of carbonyl (C=O) groups is 1. The van der Waals surface area contributed by atoms with Crippen molar-refractivity contribution in [3.05, 3.63) is 57.6 Å². The van der Waals surface area contributed by atoms with Gasteiger partial charge in [0.1, 0.15) is 4.90 Å². The SMILES string of the molecule is COc1cc(C=CC(=O)O)cc(Br)c1OS(=O)(=O)c1ccc(C)cc1C. The highest BCUT2D eigenvalue weighted by Gasteiger charge is 2.23. The zero-order valence-corrected chi connectivity index (χ0v) is 16.7. The molecule has 26 heavy (non-hydrogen) atoms. The van der Waals surface area contributed by atoms with Gasteiger partial charge in [0.15, 0.2) is 11.5 Å². The lowest BCUT2D eigenvalue weighted by atomic mass is 10.2. The molecule has 2 rings (SSSR count). The largest absolute Gasteiger partial charge is 0.493 e. The van der Waals surface area contributed by atoms with E-state index in [-0.39, 0.29) is 16.4 Å². The first-order valence-electron chi connectivity index (χ1n) is 7.44. The summed E-state index contributed by atoms with van der Waals surface area (Å²) < 4.78 is 36.1. The second-order valence-corrected chi connectivity index (χ2v) is 7.88. The molecular formula is C18H17BrO6S. The van der Waals surface area contributed by atoms with E-state index < -0.39 is 16.1 Å². The van der Waals surface area contributed by atoms with Crippen molar-refractivity contribution in [1.82, 2.24) is 0 Å². The van der Waals surface area contributed by atoms with Crippen LogP contribution >= 0.6 is 15.9 Å². The monoisotopic (exact) mass is 440 g/mol. The summed E-state index contributed by atoms with van der Waals surface area (Å²) in [5.41, 5.74) is 2.02. The minimum Gasteiger partial charge on any atom is -0.493 e. The molecule has 0 unspecified atom stereocenters. The number of rotatable bonds is 6. The standard InChI is InChI=1S/C18H17BrO6S/c1-11-4-6-16(12(2)8-11)26(22,23)25-18-14(19)9-13(5-7-17(20)21)10-15(18)24-3/h4-10H,1-3H3,(H,20,21). The fourth-order valence-electron chi connectivity index (χ4n) is 2.32. The quantitative estimate of drug-likeness (QED) is 0.540. The van der Waals surface area contributed by atoms with Gasteiger partial charge in [0, 0.05) is 6.08 Å². The predicted octanol–water partition coefficient (Wildman–Crippen LogP) is 3.94. The van der Waals surface area contributed by atoms with Crippen molar-refractivity contribution in [2.24, 2.45) is 0 Å². The van der Waals surface area contributed by atoms with Crippen LogP contribution < -0.4 is 8.92 Å². The normalized spacial score (nSPS) is 11.5. The zero-order valence-electron chi connectivity index (χ0n) is 14.3. The van der Waals surface area contributed by atoms with Crippen LogP contribution in [0.5, 0.6) is 11.5 Å². The number of aryl methyl sites for hydroxylation is 2. The molecule has 0 bridgehead atoms. The maximum atomic E-state index is 12.7. The summed E-state index contributed by atoms with van der Waals surface area (Å²) in [6, 6.07) is 7.95. The Morgan fingerprint density at radius 2 is 1.88 bits per heavy atom. The van der Waals surface area contributed by atoms with E-state index in [0.717, 1.165) is 11.6 Å². The number of hydrogen-bond donors (Lipinski definition) is 1. The van der Waals surface area contributed by atoms with E-state index in [0.29, 0.717) is 15.6 Å². The number of aliphatic carboxylic acids is 1. The van der Waals surface area contributed by atoms with Crippen LogP contribution in [-0.2, 0) is 14.9 Å². The molecule has 0 heterocycles. The topological polar surface area (TPSA) is 89.9 Å². The molecule has 138 valence electrons. The van der Waals surface area contributed by atoms with Crippen molar-refractivity contribution in [3.8, 4) is 11.5 Å². The van der Waals surface area contributed by atoms with E-state index in [1.165, 1.54) is 31.4 Å². The molecule has 2 aromatic carbocycles. The van der Waals surface area contributed by atoms with E-state index >= 15 is 0 Å². The summed E-state index contributed by atoms with van der Waals surface area (Å²) in [5, 5.41) is 8.72. The molecule has 0 radical (unpaired) electrons. The smallest absolute Gasteiger partial charge is 0.339 e. The number of carboxylic acids is 1. The lowest BCUT2D eigenvalue weighted by molar-refractivity contribution is -0.131. The summed E-state index contributed by atoms with van der Waals surface area (Å²) >= 11 is 3.25. The number of benzene rings is 2. The molecule has 0 saturated carbocycles. The van der Waals surface area contributed by atoms with E-state index in [2.05, 4.69) is 15.9 Å².